The standard InChI is InChI=1S/C13H17N3OS/c1-17-10-4-2-3-8(10)16-9-5-6-11-13(12(9)14)15-7-18-11/h5-8,10,16H,2-4,14H2,1H3. The molecule has 96 valence electrons. The first kappa shape index (κ1) is 11.7. The molecule has 3 N–H and O–H groups in total. The molecule has 0 saturated heterocycles. The molecule has 0 radical (unpaired) electrons. The summed E-state index contributed by atoms with van der Waals surface area (Å²) in [5.41, 5.74) is 10.6. The molecule has 5 heteroatoms. The largest absolute Gasteiger partial charge is 0.395 e. The molecule has 2 atom stereocenters. The van der Waals surface area contributed by atoms with E-state index < -0.39 is 0 Å². The lowest BCUT2D eigenvalue weighted by Gasteiger charge is -2.21. The zero-order chi connectivity index (χ0) is 12.5. The fraction of sp³-hybridized carbons (Fsp3) is 0.462. The van der Waals surface area contributed by atoms with Crippen molar-refractivity contribution in [3.63, 3.8) is 0 Å². The van der Waals surface area contributed by atoms with Crippen molar-refractivity contribution in [2.75, 3.05) is 18.2 Å². The van der Waals surface area contributed by atoms with Crippen molar-refractivity contribution in [3.05, 3.63) is 17.6 Å². The molecular formula is C13H17N3OS. The first-order valence-electron chi connectivity index (χ1n) is 6.20. The molecule has 0 aliphatic heterocycles. The van der Waals surface area contributed by atoms with Crippen LogP contribution in [0.25, 0.3) is 10.2 Å². The van der Waals surface area contributed by atoms with Crippen LogP contribution in [0.15, 0.2) is 17.6 Å². The minimum atomic E-state index is 0.288. The van der Waals surface area contributed by atoms with Crippen molar-refractivity contribution >= 4 is 32.9 Å². The topological polar surface area (TPSA) is 60.2 Å². The fourth-order valence-electron chi connectivity index (χ4n) is 2.65. The molecule has 1 aliphatic carbocycles. The molecule has 0 bridgehead atoms. The normalized spacial score (nSPS) is 23.6. The Labute approximate surface area is 110 Å². The summed E-state index contributed by atoms with van der Waals surface area (Å²) in [4.78, 5) is 4.31. The van der Waals surface area contributed by atoms with Crippen LogP contribution in [0.3, 0.4) is 0 Å². The molecular weight excluding hydrogens is 246 g/mol. The highest BCUT2D eigenvalue weighted by atomic mass is 32.1. The van der Waals surface area contributed by atoms with E-state index in [4.69, 9.17) is 10.5 Å². The third kappa shape index (κ3) is 1.93. The van der Waals surface area contributed by atoms with Crippen LogP contribution in [0.2, 0.25) is 0 Å². The molecule has 1 heterocycles. The van der Waals surface area contributed by atoms with Gasteiger partial charge in [0.05, 0.1) is 33.7 Å². The summed E-state index contributed by atoms with van der Waals surface area (Å²) in [6.07, 6.45) is 3.74. The molecule has 4 nitrogen and oxygen atoms in total. The highest BCUT2D eigenvalue weighted by Crippen LogP contribution is 2.32. The second-order valence-electron chi connectivity index (χ2n) is 4.68. The predicted molar refractivity (Wildman–Crippen MR) is 76.1 cm³/mol. The van der Waals surface area contributed by atoms with E-state index in [0.717, 1.165) is 34.4 Å². The fourth-order valence-corrected chi connectivity index (χ4v) is 3.34. The maximum Gasteiger partial charge on any atom is 0.106 e. The number of nitrogens with zero attached hydrogens (tertiary/aromatic N) is 1. The third-order valence-electron chi connectivity index (χ3n) is 3.64. The van der Waals surface area contributed by atoms with Gasteiger partial charge >= 0.3 is 0 Å². The van der Waals surface area contributed by atoms with Gasteiger partial charge in [-0.25, -0.2) is 4.98 Å². The number of ether oxygens (including phenoxy) is 1. The minimum Gasteiger partial charge on any atom is -0.395 e. The van der Waals surface area contributed by atoms with E-state index in [1.165, 1.54) is 6.42 Å². The monoisotopic (exact) mass is 263 g/mol. The Kier molecular flexibility index (Phi) is 3.09. The number of nitrogens with one attached hydrogen (secondary N) is 1. The highest BCUT2D eigenvalue weighted by Gasteiger charge is 2.27. The van der Waals surface area contributed by atoms with E-state index in [0.29, 0.717) is 6.04 Å². The number of nitrogen functional groups attached to an aromatic ring is 1. The van der Waals surface area contributed by atoms with Gasteiger partial charge in [-0.05, 0) is 31.4 Å². The number of thiazole rings is 1. The first-order chi connectivity index (χ1) is 8.79. The van der Waals surface area contributed by atoms with Crippen LogP contribution in [-0.4, -0.2) is 24.2 Å². The summed E-state index contributed by atoms with van der Waals surface area (Å²) in [6.45, 7) is 0. The number of nitrogens with two attached hydrogens (primary N) is 1. The van der Waals surface area contributed by atoms with Crippen LogP contribution in [0.1, 0.15) is 19.3 Å². The molecule has 2 unspecified atom stereocenters. The molecule has 1 aliphatic rings. The van der Waals surface area contributed by atoms with Gasteiger partial charge in [0.2, 0.25) is 0 Å². The Bertz CT molecular complexity index is 554. The Morgan fingerprint density at radius 2 is 2.33 bits per heavy atom. The summed E-state index contributed by atoms with van der Waals surface area (Å²) in [7, 11) is 1.78. The van der Waals surface area contributed by atoms with Crippen molar-refractivity contribution in [3.8, 4) is 0 Å². The van der Waals surface area contributed by atoms with Crippen molar-refractivity contribution in [1.29, 1.82) is 0 Å². The molecule has 0 spiro atoms. The first-order valence-corrected chi connectivity index (χ1v) is 7.08. The second kappa shape index (κ2) is 4.74. The smallest absolute Gasteiger partial charge is 0.106 e. The van der Waals surface area contributed by atoms with Gasteiger partial charge in [0.25, 0.3) is 0 Å². The lowest BCUT2D eigenvalue weighted by Crippen LogP contribution is -2.30. The van der Waals surface area contributed by atoms with Gasteiger partial charge in [-0.15, -0.1) is 11.3 Å². The van der Waals surface area contributed by atoms with E-state index in [9.17, 15) is 0 Å². The third-order valence-corrected chi connectivity index (χ3v) is 4.43. The van der Waals surface area contributed by atoms with E-state index in [-0.39, 0.29) is 6.10 Å². The Balaban J connectivity index is 1.88. The van der Waals surface area contributed by atoms with Crippen LogP contribution in [-0.2, 0) is 4.74 Å². The molecule has 0 amide bonds. The van der Waals surface area contributed by atoms with Gasteiger partial charge in [0.15, 0.2) is 0 Å². The maximum atomic E-state index is 6.17. The molecule has 18 heavy (non-hydrogen) atoms. The minimum absolute atomic E-state index is 0.288. The lowest BCUT2D eigenvalue weighted by atomic mass is 10.1. The lowest BCUT2D eigenvalue weighted by molar-refractivity contribution is 0.101. The number of hydrogen-bond donors (Lipinski definition) is 2. The Morgan fingerprint density at radius 3 is 3.17 bits per heavy atom. The summed E-state index contributed by atoms with van der Waals surface area (Å²) < 4.78 is 6.62. The highest BCUT2D eigenvalue weighted by molar-refractivity contribution is 7.16. The van der Waals surface area contributed by atoms with Gasteiger partial charge in [-0.3, -0.25) is 0 Å². The number of anilines is 2. The number of fused-ring (bicyclic) bond motifs is 1. The second-order valence-corrected chi connectivity index (χ2v) is 5.57. The van der Waals surface area contributed by atoms with E-state index in [2.05, 4.69) is 16.4 Å². The van der Waals surface area contributed by atoms with Gasteiger partial charge in [-0.2, -0.15) is 0 Å². The van der Waals surface area contributed by atoms with Gasteiger partial charge in [0, 0.05) is 7.11 Å². The molecule has 3 rings (SSSR count). The van der Waals surface area contributed by atoms with Crippen LogP contribution in [0, 0.1) is 0 Å². The zero-order valence-corrected chi connectivity index (χ0v) is 11.2. The van der Waals surface area contributed by atoms with Gasteiger partial charge in [-0.1, -0.05) is 0 Å². The predicted octanol–water partition coefficient (Wildman–Crippen LogP) is 2.86. The SMILES string of the molecule is COC1CCCC1Nc1ccc2scnc2c1N. The summed E-state index contributed by atoms with van der Waals surface area (Å²) in [6, 6.07) is 4.47. The molecule has 1 aromatic carbocycles. The van der Waals surface area contributed by atoms with E-state index in [1.54, 1.807) is 18.4 Å². The van der Waals surface area contributed by atoms with Crippen molar-refractivity contribution < 1.29 is 4.74 Å². The number of rotatable bonds is 3. The van der Waals surface area contributed by atoms with Crippen molar-refractivity contribution in [2.45, 2.75) is 31.4 Å². The number of aromatic nitrogens is 1. The molecule has 2 aromatic rings. The van der Waals surface area contributed by atoms with Crippen LogP contribution in [0.5, 0.6) is 0 Å². The Hall–Kier alpha value is -1.33. The number of benzene rings is 1. The molecule has 1 fully saturated rings. The average molecular weight is 263 g/mol. The van der Waals surface area contributed by atoms with Crippen LogP contribution < -0.4 is 11.1 Å². The number of hydrogen-bond acceptors (Lipinski definition) is 5. The van der Waals surface area contributed by atoms with Crippen LogP contribution in [0.4, 0.5) is 11.4 Å². The van der Waals surface area contributed by atoms with Gasteiger partial charge in [0.1, 0.15) is 5.52 Å². The van der Waals surface area contributed by atoms with Crippen molar-refractivity contribution in [1.82, 2.24) is 4.98 Å². The summed E-state index contributed by atoms with van der Waals surface area (Å²) in [5.74, 6) is 0. The average Bonchev–Trinajstić information content (AvgIpc) is 3.01. The van der Waals surface area contributed by atoms with Crippen LogP contribution >= 0.6 is 11.3 Å². The number of methoxy groups -OCH3 is 1. The van der Waals surface area contributed by atoms with E-state index in [1.807, 2.05) is 11.6 Å². The van der Waals surface area contributed by atoms with E-state index >= 15 is 0 Å². The molecule has 1 aromatic heterocycles. The molecule has 1 saturated carbocycles. The van der Waals surface area contributed by atoms with Crippen molar-refractivity contribution in [2.24, 2.45) is 0 Å². The Morgan fingerprint density at radius 1 is 1.44 bits per heavy atom. The summed E-state index contributed by atoms with van der Waals surface area (Å²) in [5, 5.41) is 3.51. The zero-order valence-electron chi connectivity index (χ0n) is 10.3. The summed E-state index contributed by atoms with van der Waals surface area (Å²) >= 11 is 1.61. The maximum absolute atomic E-state index is 6.17. The van der Waals surface area contributed by atoms with Gasteiger partial charge < -0.3 is 15.8 Å². The quantitative estimate of drug-likeness (QED) is 0.836.